The summed E-state index contributed by atoms with van der Waals surface area (Å²) in [5, 5.41) is 12.5. The number of carbonyl (C=O) groups is 1. The molecule has 2 rings (SSSR count). The number of hydrogen-bond donors (Lipinski definition) is 2. The molecule has 0 saturated heterocycles. The van der Waals surface area contributed by atoms with Crippen molar-refractivity contribution in [1.82, 2.24) is 14.6 Å². The van der Waals surface area contributed by atoms with Gasteiger partial charge in [0, 0.05) is 12.1 Å². The maximum Gasteiger partial charge on any atom is 0.354 e. The van der Waals surface area contributed by atoms with Gasteiger partial charge in [0.2, 0.25) is 0 Å². The fraction of sp³-hybridized carbons (Fsp3) is 0. The molecule has 0 spiro atoms. The van der Waals surface area contributed by atoms with Crippen LogP contribution in [0.3, 0.4) is 0 Å². The topological polar surface area (TPSA) is 87.5 Å². The van der Waals surface area contributed by atoms with Crippen molar-refractivity contribution in [2.75, 3.05) is 0 Å². The van der Waals surface area contributed by atoms with E-state index in [1.165, 1.54) is 12.3 Å². The SMILES string of the molecule is O=C(O)c1cc(=O)[nH]c2ccnn12. The second-order valence-corrected chi connectivity index (χ2v) is 2.45. The van der Waals surface area contributed by atoms with Crippen LogP contribution in [0.15, 0.2) is 23.1 Å². The molecule has 6 nitrogen and oxygen atoms in total. The van der Waals surface area contributed by atoms with Crippen molar-refractivity contribution in [1.29, 1.82) is 0 Å². The summed E-state index contributed by atoms with van der Waals surface area (Å²) in [7, 11) is 0. The summed E-state index contributed by atoms with van der Waals surface area (Å²) in [6.45, 7) is 0. The molecule has 66 valence electrons. The lowest BCUT2D eigenvalue weighted by Crippen LogP contribution is -2.15. The van der Waals surface area contributed by atoms with Crippen LogP contribution in [0.25, 0.3) is 5.65 Å². The Kier molecular flexibility index (Phi) is 1.42. The molecule has 0 aliphatic carbocycles. The van der Waals surface area contributed by atoms with E-state index in [4.69, 9.17) is 5.11 Å². The molecule has 0 amide bonds. The molecule has 0 radical (unpaired) electrons. The molecule has 0 unspecified atom stereocenters. The Hall–Kier alpha value is -2.11. The molecule has 0 atom stereocenters. The number of nitrogens with one attached hydrogen (secondary N) is 1. The van der Waals surface area contributed by atoms with Crippen molar-refractivity contribution in [3.8, 4) is 0 Å². The first-order valence-electron chi connectivity index (χ1n) is 3.49. The molecule has 0 aliphatic rings. The van der Waals surface area contributed by atoms with Crippen molar-refractivity contribution in [3.63, 3.8) is 0 Å². The second-order valence-electron chi connectivity index (χ2n) is 2.45. The minimum atomic E-state index is -1.18. The van der Waals surface area contributed by atoms with E-state index >= 15 is 0 Å². The van der Waals surface area contributed by atoms with Gasteiger partial charge in [-0.05, 0) is 0 Å². The molecule has 13 heavy (non-hydrogen) atoms. The molecule has 2 N–H and O–H groups in total. The number of aromatic amines is 1. The third kappa shape index (κ3) is 1.08. The average molecular weight is 179 g/mol. The number of fused-ring (bicyclic) bond motifs is 1. The van der Waals surface area contributed by atoms with Crippen LogP contribution in [0.2, 0.25) is 0 Å². The van der Waals surface area contributed by atoms with Crippen LogP contribution in [0.1, 0.15) is 10.5 Å². The Labute approximate surface area is 71.4 Å². The number of H-pyrrole nitrogens is 1. The number of aromatic nitrogens is 3. The van der Waals surface area contributed by atoms with Gasteiger partial charge in [-0.2, -0.15) is 5.10 Å². The van der Waals surface area contributed by atoms with Gasteiger partial charge >= 0.3 is 5.97 Å². The van der Waals surface area contributed by atoms with E-state index in [1.807, 2.05) is 0 Å². The third-order valence-electron chi connectivity index (χ3n) is 1.61. The molecular weight excluding hydrogens is 174 g/mol. The number of carboxylic acid groups (broad SMARTS) is 1. The molecule has 2 aromatic rings. The van der Waals surface area contributed by atoms with E-state index < -0.39 is 11.5 Å². The molecule has 6 heteroatoms. The number of carboxylic acids is 1. The van der Waals surface area contributed by atoms with Gasteiger partial charge < -0.3 is 10.1 Å². The minimum Gasteiger partial charge on any atom is -0.477 e. The Bertz CT molecular complexity index is 525. The van der Waals surface area contributed by atoms with Gasteiger partial charge in [-0.3, -0.25) is 4.79 Å². The van der Waals surface area contributed by atoms with Gasteiger partial charge in [0.05, 0.1) is 6.20 Å². The van der Waals surface area contributed by atoms with Gasteiger partial charge in [-0.25, -0.2) is 9.31 Å². The standard InChI is InChI=1S/C7H5N3O3/c11-6-3-4(7(12)13)10-5(9-6)1-2-8-10/h1-3H,(H,9,11)(H,12,13). The highest BCUT2D eigenvalue weighted by molar-refractivity contribution is 5.86. The Morgan fingerprint density at radius 3 is 3.08 bits per heavy atom. The largest absolute Gasteiger partial charge is 0.477 e. The summed E-state index contributed by atoms with van der Waals surface area (Å²) in [5.74, 6) is -1.18. The summed E-state index contributed by atoms with van der Waals surface area (Å²) in [6, 6.07) is 2.51. The zero-order valence-corrected chi connectivity index (χ0v) is 6.39. The number of aromatic carboxylic acids is 1. The smallest absolute Gasteiger partial charge is 0.354 e. The molecule has 0 aromatic carbocycles. The van der Waals surface area contributed by atoms with Crippen molar-refractivity contribution in [2.45, 2.75) is 0 Å². The highest BCUT2D eigenvalue weighted by atomic mass is 16.4. The zero-order chi connectivity index (χ0) is 9.42. The molecule has 0 bridgehead atoms. The number of rotatable bonds is 1. The predicted molar refractivity (Wildman–Crippen MR) is 42.8 cm³/mol. The van der Waals surface area contributed by atoms with Crippen LogP contribution in [0.5, 0.6) is 0 Å². The number of hydrogen-bond acceptors (Lipinski definition) is 3. The van der Waals surface area contributed by atoms with E-state index in [1.54, 1.807) is 0 Å². The van der Waals surface area contributed by atoms with E-state index in [9.17, 15) is 9.59 Å². The van der Waals surface area contributed by atoms with E-state index in [-0.39, 0.29) is 5.69 Å². The first-order chi connectivity index (χ1) is 6.18. The van der Waals surface area contributed by atoms with E-state index in [0.717, 1.165) is 10.6 Å². The predicted octanol–water partition coefficient (Wildman–Crippen LogP) is -0.279. The van der Waals surface area contributed by atoms with Crippen molar-refractivity contribution < 1.29 is 9.90 Å². The molecule has 0 fully saturated rings. The lowest BCUT2D eigenvalue weighted by molar-refractivity contribution is 0.0687. The first-order valence-corrected chi connectivity index (χ1v) is 3.49. The lowest BCUT2D eigenvalue weighted by Gasteiger charge is -1.97. The van der Waals surface area contributed by atoms with E-state index in [2.05, 4.69) is 10.1 Å². The van der Waals surface area contributed by atoms with Crippen LogP contribution >= 0.6 is 0 Å². The summed E-state index contributed by atoms with van der Waals surface area (Å²) in [4.78, 5) is 24.0. The zero-order valence-electron chi connectivity index (χ0n) is 6.39. The van der Waals surface area contributed by atoms with Gasteiger partial charge in [-0.1, -0.05) is 0 Å². The Morgan fingerprint density at radius 2 is 2.38 bits per heavy atom. The maximum atomic E-state index is 10.9. The first kappa shape index (κ1) is 7.53. The molecule has 0 aliphatic heterocycles. The van der Waals surface area contributed by atoms with Crippen molar-refractivity contribution in [3.05, 3.63) is 34.4 Å². The normalized spacial score (nSPS) is 10.5. The van der Waals surface area contributed by atoms with Crippen LogP contribution in [-0.4, -0.2) is 25.7 Å². The monoisotopic (exact) mass is 179 g/mol. The van der Waals surface area contributed by atoms with Gasteiger partial charge in [0.25, 0.3) is 5.56 Å². The molecule has 2 aromatic heterocycles. The van der Waals surface area contributed by atoms with Crippen LogP contribution in [0.4, 0.5) is 0 Å². The maximum absolute atomic E-state index is 10.9. The minimum absolute atomic E-state index is 0.149. The summed E-state index contributed by atoms with van der Waals surface area (Å²) in [5.41, 5.74) is -0.237. The fourth-order valence-corrected chi connectivity index (χ4v) is 1.09. The highest BCUT2D eigenvalue weighted by Crippen LogP contribution is 1.99. The van der Waals surface area contributed by atoms with Crippen LogP contribution in [-0.2, 0) is 0 Å². The average Bonchev–Trinajstić information content (AvgIpc) is 2.49. The Balaban J connectivity index is 2.93. The van der Waals surface area contributed by atoms with Gasteiger partial charge in [0.15, 0.2) is 5.69 Å². The summed E-state index contributed by atoms with van der Waals surface area (Å²) < 4.78 is 1.16. The van der Waals surface area contributed by atoms with Crippen LogP contribution in [0, 0.1) is 0 Å². The quantitative estimate of drug-likeness (QED) is 0.630. The lowest BCUT2D eigenvalue weighted by atomic mass is 10.4. The molecular formula is C7H5N3O3. The highest BCUT2D eigenvalue weighted by Gasteiger charge is 2.09. The second kappa shape index (κ2) is 2.44. The third-order valence-corrected chi connectivity index (χ3v) is 1.61. The van der Waals surface area contributed by atoms with Crippen molar-refractivity contribution >= 4 is 11.6 Å². The summed E-state index contributed by atoms with van der Waals surface area (Å²) in [6.07, 6.45) is 1.41. The Morgan fingerprint density at radius 1 is 1.62 bits per heavy atom. The van der Waals surface area contributed by atoms with Gasteiger partial charge in [-0.15, -0.1) is 0 Å². The van der Waals surface area contributed by atoms with Crippen LogP contribution < -0.4 is 5.56 Å². The van der Waals surface area contributed by atoms with E-state index in [0.29, 0.717) is 5.65 Å². The van der Waals surface area contributed by atoms with Gasteiger partial charge in [0.1, 0.15) is 5.65 Å². The molecule has 2 heterocycles. The number of nitrogens with zero attached hydrogens (tertiary/aromatic N) is 2. The summed E-state index contributed by atoms with van der Waals surface area (Å²) >= 11 is 0. The fourth-order valence-electron chi connectivity index (χ4n) is 1.09. The van der Waals surface area contributed by atoms with Crippen molar-refractivity contribution in [2.24, 2.45) is 0 Å². The molecule has 0 saturated carbocycles.